The predicted octanol–water partition coefficient (Wildman–Crippen LogP) is 5.75. The highest BCUT2D eigenvalue weighted by molar-refractivity contribution is 9.10. The summed E-state index contributed by atoms with van der Waals surface area (Å²) in [7, 11) is 0. The van der Waals surface area contributed by atoms with E-state index in [1.807, 2.05) is 6.92 Å². The average Bonchev–Trinajstić information content (AvgIpc) is 2.40. The number of alkyl halides is 1. The van der Waals surface area contributed by atoms with Crippen LogP contribution in [0.25, 0.3) is 0 Å². The van der Waals surface area contributed by atoms with Crippen molar-refractivity contribution in [3.63, 3.8) is 0 Å². The van der Waals surface area contributed by atoms with Crippen molar-refractivity contribution in [2.45, 2.75) is 11.8 Å². The van der Waals surface area contributed by atoms with Crippen molar-refractivity contribution in [1.82, 2.24) is 0 Å². The lowest BCUT2D eigenvalue weighted by Crippen LogP contribution is -2.02. The van der Waals surface area contributed by atoms with Gasteiger partial charge in [0.15, 0.2) is 0 Å². The lowest BCUT2D eigenvalue weighted by atomic mass is 10.0. The van der Waals surface area contributed by atoms with E-state index >= 15 is 0 Å². The van der Waals surface area contributed by atoms with Gasteiger partial charge in [0.25, 0.3) is 0 Å². The topological polar surface area (TPSA) is 9.23 Å². The Kier molecular flexibility index (Phi) is 5.32. The molecule has 21 heavy (non-hydrogen) atoms. The fourth-order valence-electron chi connectivity index (χ4n) is 1.91. The molecular formula is C15H11Br2F3O. The summed E-state index contributed by atoms with van der Waals surface area (Å²) in [6.45, 7) is 2.37. The average molecular weight is 424 g/mol. The highest BCUT2D eigenvalue weighted by Crippen LogP contribution is 2.37. The quantitative estimate of drug-likeness (QED) is 0.569. The molecule has 1 nitrogen and oxygen atoms in total. The van der Waals surface area contributed by atoms with E-state index in [2.05, 4.69) is 31.9 Å². The molecule has 0 aromatic heterocycles. The van der Waals surface area contributed by atoms with Gasteiger partial charge in [-0.1, -0.05) is 22.0 Å². The van der Waals surface area contributed by atoms with Crippen molar-refractivity contribution in [1.29, 1.82) is 0 Å². The fourth-order valence-corrected chi connectivity index (χ4v) is 3.14. The van der Waals surface area contributed by atoms with Gasteiger partial charge in [0.05, 0.1) is 15.9 Å². The first-order valence-corrected chi connectivity index (χ1v) is 7.85. The van der Waals surface area contributed by atoms with Crippen molar-refractivity contribution < 1.29 is 17.9 Å². The van der Waals surface area contributed by atoms with Crippen LogP contribution in [0.3, 0.4) is 0 Å². The number of hydrogen-bond donors (Lipinski definition) is 0. The van der Waals surface area contributed by atoms with Gasteiger partial charge in [-0.25, -0.2) is 13.2 Å². The van der Waals surface area contributed by atoms with Crippen LogP contribution in [0, 0.1) is 17.5 Å². The van der Waals surface area contributed by atoms with Crippen LogP contribution in [-0.4, -0.2) is 6.61 Å². The summed E-state index contributed by atoms with van der Waals surface area (Å²) in [5, 5.41) is 0. The normalized spacial score (nSPS) is 12.3. The smallest absolute Gasteiger partial charge is 0.133 e. The zero-order valence-corrected chi connectivity index (χ0v) is 14.1. The highest BCUT2D eigenvalue weighted by Gasteiger charge is 2.21. The van der Waals surface area contributed by atoms with Gasteiger partial charge in [-0.05, 0) is 40.5 Å². The molecule has 0 saturated heterocycles. The minimum absolute atomic E-state index is 0.229. The third kappa shape index (κ3) is 3.61. The minimum atomic E-state index is -0.943. The number of ether oxygens (including phenoxy) is 1. The number of hydrogen-bond acceptors (Lipinski definition) is 1. The van der Waals surface area contributed by atoms with Gasteiger partial charge < -0.3 is 4.74 Å². The Morgan fingerprint density at radius 3 is 2.24 bits per heavy atom. The van der Waals surface area contributed by atoms with Crippen LogP contribution < -0.4 is 4.74 Å². The number of rotatable bonds is 4. The summed E-state index contributed by atoms with van der Waals surface area (Å²) in [6, 6.07) is 6.42. The zero-order chi connectivity index (χ0) is 15.6. The standard InChI is InChI=1S/C15H11Br2F3O/c1-2-21-13-4-3-8(5-10(13)16)15(17)14-11(19)6-9(18)7-12(14)20/h3-7,15H,2H2,1H3. The van der Waals surface area contributed by atoms with Crippen LogP contribution in [-0.2, 0) is 0 Å². The second kappa shape index (κ2) is 6.83. The summed E-state index contributed by atoms with van der Waals surface area (Å²) in [5.74, 6) is -2.17. The van der Waals surface area contributed by atoms with E-state index < -0.39 is 22.3 Å². The van der Waals surface area contributed by atoms with Crippen molar-refractivity contribution in [3.05, 3.63) is 63.4 Å². The molecule has 2 aromatic rings. The summed E-state index contributed by atoms with van der Waals surface area (Å²) < 4.78 is 46.6. The molecule has 0 N–H and O–H groups in total. The number of benzene rings is 2. The Hall–Kier alpha value is -1.01. The van der Waals surface area contributed by atoms with Gasteiger partial charge >= 0.3 is 0 Å². The molecule has 6 heteroatoms. The Morgan fingerprint density at radius 1 is 1.10 bits per heavy atom. The number of halogens is 5. The van der Waals surface area contributed by atoms with Crippen molar-refractivity contribution in [2.24, 2.45) is 0 Å². The van der Waals surface area contributed by atoms with E-state index in [0.717, 1.165) is 0 Å². The van der Waals surface area contributed by atoms with Crippen molar-refractivity contribution >= 4 is 31.9 Å². The minimum Gasteiger partial charge on any atom is -0.493 e. The molecule has 0 aliphatic rings. The van der Waals surface area contributed by atoms with Gasteiger partial charge in [0, 0.05) is 17.7 Å². The van der Waals surface area contributed by atoms with Gasteiger partial charge in [-0.15, -0.1) is 0 Å². The van der Waals surface area contributed by atoms with Gasteiger partial charge in [0.1, 0.15) is 23.2 Å². The van der Waals surface area contributed by atoms with E-state index in [1.54, 1.807) is 18.2 Å². The molecule has 0 amide bonds. The van der Waals surface area contributed by atoms with Crippen LogP contribution in [0.2, 0.25) is 0 Å². The fraction of sp³-hybridized carbons (Fsp3) is 0.200. The van der Waals surface area contributed by atoms with Crippen molar-refractivity contribution in [2.75, 3.05) is 6.61 Å². The first kappa shape index (κ1) is 16.4. The van der Waals surface area contributed by atoms with Gasteiger partial charge in [0.2, 0.25) is 0 Å². The summed E-state index contributed by atoms with van der Waals surface area (Å²) in [6.07, 6.45) is 0. The second-order valence-electron chi connectivity index (χ2n) is 4.27. The van der Waals surface area contributed by atoms with Crippen molar-refractivity contribution in [3.8, 4) is 5.75 Å². The molecule has 0 saturated carbocycles. The van der Waals surface area contributed by atoms with Crippen LogP contribution in [0.5, 0.6) is 5.75 Å². The van der Waals surface area contributed by atoms with E-state index in [-0.39, 0.29) is 5.56 Å². The molecule has 0 aliphatic heterocycles. The third-order valence-corrected chi connectivity index (χ3v) is 4.45. The zero-order valence-electron chi connectivity index (χ0n) is 11.0. The molecule has 0 fully saturated rings. The summed E-state index contributed by atoms with van der Waals surface area (Å²) in [5.41, 5.74) is 0.391. The Bertz CT molecular complexity index is 638. The molecule has 0 bridgehead atoms. The SMILES string of the molecule is CCOc1ccc(C(Br)c2c(F)cc(F)cc2F)cc1Br. The van der Waals surface area contributed by atoms with Gasteiger partial charge in [-0.2, -0.15) is 0 Å². The lowest BCUT2D eigenvalue weighted by molar-refractivity contribution is 0.338. The van der Waals surface area contributed by atoms with E-state index in [4.69, 9.17) is 4.74 Å². The summed E-state index contributed by atoms with van der Waals surface area (Å²) >= 11 is 6.60. The highest BCUT2D eigenvalue weighted by atomic mass is 79.9. The molecule has 0 spiro atoms. The molecular weight excluding hydrogens is 413 g/mol. The maximum Gasteiger partial charge on any atom is 0.133 e. The van der Waals surface area contributed by atoms with Gasteiger partial charge in [-0.3, -0.25) is 0 Å². The lowest BCUT2D eigenvalue weighted by Gasteiger charge is -2.15. The van der Waals surface area contributed by atoms with Crippen LogP contribution >= 0.6 is 31.9 Å². The van der Waals surface area contributed by atoms with Crippen LogP contribution in [0.4, 0.5) is 13.2 Å². The van der Waals surface area contributed by atoms with Crippen LogP contribution in [0.15, 0.2) is 34.8 Å². The Balaban J connectivity index is 2.41. The van der Waals surface area contributed by atoms with Crippen LogP contribution in [0.1, 0.15) is 22.9 Å². The molecule has 0 aliphatic carbocycles. The Morgan fingerprint density at radius 2 is 1.71 bits per heavy atom. The molecule has 112 valence electrons. The molecule has 1 unspecified atom stereocenters. The van der Waals surface area contributed by atoms with E-state index in [0.29, 0.717) is 34.5 Å². The first-order chi connectivity index (χ1) is 9.93. The largest absolute Gasteiger partial charge is 0.493 e. The maximum atomic E-state index is 13.8. The summed E-state index contributed by atoms with van der Waals surface area (Å²) in [4.78, 5) is -0.731. The van der Waals surface area contributed by atoms with E-state index in [9.17, 15) is 13.2 Å². The van der Waals surface area contributed by atoms with E-state index in [1.165, 1.54) is 0 Å². The molecule has 0 heterocycles. The third-order valence-electron chi connectivity index (χ3n) is 2.85. The second-order valence-corrected chi connectivity index (χ2v) is 6.04. The Labute approximate surface area is 137 Å². The molecule has 2 rings (SSSR count). The monoisotopic (exact) mass is 422 g/mol. The molecule has 1 atom stereocenters. The maximum absolute atomic E-state index is 13.8. The molecule has 2 aromatic carbocycles. The molecule has 0 radical (unpaired) electrons. The predicted molar refractivity (Wildman–Crippen MR) is 82.4 cm³/mol. The first-order valence-electron chi connectivity index (χ1n) is 6.14.